The molecule has 0 aliphatic carbocycles. The van der Waals surface area contributed by atoms with E-state index in [2.05, 4.69) is 20.6 Å². The number of nitrogens with zero attached hydrogens (tertiary/aromatic N) is 2. The zero-order chi connectivity index (χ0) is 24.1. The zero-order valence-electron chi connectivity index (χ0n) is 17.9. The molecule has 1 aromatic carbocycles. The first-order chi connectivity index (χ1) is 16.3. The van der Waals surface area contributed by atoms with Crippen LogP contribution in [0.15, 0.2) is 61.1 Å². The number of halogens is 3. The minimum atomic E-state index is -4.36. The van der Waals surface area contributed by atoms with Gasteiger partial charge in [-0.25, -0.2) is 0 Å². The predicted molar refractivity (Wildman–Crippen MR) is 117 cm³/mol. The molecule has 0 spiro atoms. The van der Waals surface area contributed by atoms with E-state index >= 15 is 0 Å². The van der Waals surface area contributed by atoms with Gasteiger partial charge in [-0.3, -0.25) is 19.6 Å². The van der Waals surface area contributed by atoms with Crippen LogP contribution in [0.2, 0.25) is 0 Å². The molecule has 34 heavy (non-hydrogen) atoms. The van der Waals surface area contributed by atoms with Gasteiger partial charge >= 0.3 is 6.18 Å². The topological polar surface area (TPSA) is 93.2 Å². The summed E-state index contributed by atoms with van der Waals surface area (Å²) in [5, 5.41) is 5.06. The highest BCUT2D eigenvalue weighted by Crippen LogP contribution is 2.34. The number of rotatable bonds is 6. The number of hydrogen-bond acceptors (Lipinski definition) is 5. The summed E-state index contributed by atoms with van der Waals surface area (Å²) in [6, 6.07) is 12.0. The van der Waals surface area contributed by atoms with E-state index in [0.29, 0.717) is 13.0 Å². The Hall–Kier alpha value is -3.95. The zero-order valence-corrected chi connectivity index (χ0v) is 17.9. The molecule has 2 amide bonds. The first-order valence-electron chi connectivity index (χ1n) is 10.6. The molecule has 3 heterocycles. The first kappa shape index (κ1) is 23.2. The van der Waals surface area contributed by atoms with Gasteiger partial charge in [0.2, 0.25) is 0 Å². The van der Waals surface area contributed by atoms with Gasteiger partial charge in [0.1, 0.15) is 18.1 Å². The molecule has 0 fully saturated rings. The summed E-state index contributed by atoms with van der Waals surface area (Å²) in [4.78, 5) is 32.7. The van der Waals surface area contributed by atoms with Crippen LogP contribution in [0, 0.1) is 0 Å². The lowest BCUT2D eigenvalue weighted by atomic mass is 9.93. The Balaban J connectivity index is 1.38. The number of ether oxygens (including phenoxy) is 1. The Kier molecular flexibility index (Phi) is 6.76. The Morgan fingerprint density at radius 2 is 1.91 bits per heavy atom. The van der Waals surface area contributed by atoms with Crippen molar-refractivity contribution in [2.45, 2.75) is 25.1 Å². The minimum absolute atomic E-state index is 0.0743. The molecule has 0 radical (unpaired) electrons. The molecule has 0 unspecified atom stereocenters. The van der Waals surface area contributed by atoms with Crippen LogP contribution in [0.4, 0.5) is 13.2 Å². The Labute approximate surface area is 193 Å². The fourth-order valence-corrected chi connectivity index (χ4v) is 3.63. The van der Waals surface area contributed by atoms with Gasteiger partial charge in [0.05, 0.1) is 18.0 Å². The highest BCUT2D eigenvalue weighted by molar-refractivity contribution is 5.96. The van der Waals surface area contributed by atoms with Gasteiger partial charge < -0.3 is 15.4 Å². The maximum Gasteiger partial charge on any atom is 0.390 e. The molecule has 0 bridgehead atoms. The van der Waals surface area contributed by atoms with Crippen LogP contribution in [-0.4, -0.2) is 47.2 Å². The largest absolute Gasteiger partial charge is 0.491 e. The van der Waals surface area contributed by atoms with E-state index in [0.717, 1.165) is 22.4 Å². The molecule has 0 saturated carbocycles. The van der Waals surface area contributed by atoms with Crippen molar-refractivity contribution >= 4 is 11.8 Å². The number of pyridine rings is 2. The third-order valence-electron chi connectivity index (χ3n) is 5.28. The van der Waals surface area contributed by atoms with E-state index in [9.17, 15) is 22.8 Å². The number of alkyl halides is 3. The highest BCUT2D eigenvalue weighted by atomic mass is 19.4. The van der Waals surface area contributed by atoms with Gasteiger partial charge in [0.15, 0.2) is 0 Å². The van der Waals surface area contributed by atoms with Crippen LogP contribution in [0.5, 0.6) is 5.75 Å². The number of hydrogen-bond donors (Lipinski definition) is 2. The SMILES string of the molecule is O=C(N[C@@H]1COc2cccc(-c3cccnc3)c2C1)c1ccc(C(=O)NCCC(F)(F)F)nc1. The molecule has 7 nitrogen and oxygen atoms in total. The van der Waals surface area contributed by atoms with E-state index in [1.807, 2.05) is 30.3 Å². The molecule has 2 aromatic heterocycles. The van der Waals surface area contributed by atoms with E-state index < -0.39 is 31.0 Å². The molecule has 1 aliphatic rings. The van der Waals surface area contributed by atoms with Crippen molar-refractivity contribution < 1.29 is 27.5 Å². The molecule has 0 saturated heterocycles. The quantitative estimate of drug-likeness (QED) is 0.575. The second kappa shape index (κ2) is 9.90. The van der Waals surface area contributed by atoms with Crippen LogP contribution >= 0.6 is 0 Å². The molecule has 1 atom stereocenters. The lowest BCUT2D eigenvalue weighted by Gasteiger charge is -2.28. The fraction of sp³-hybridized carbons (Fsp3) is 0.250. The summed E-state index contributed by atoms with van der Waals surface area (Å²) < 4.78 is 42.5. The lowest BCUT2D eigenvalue weighted by molar-refractivity contribution is -0.133. The molecule has 4 rings (SSSR count). The maximum absolute atomic E-state index is 12.7. The number of fused-ring (bicyclic) bond motifs is 1. The number of carbonyl (C=O) groups excluding carboxylic acids is 2. The average molecular weight is 470 g/mol. The van der Waals surface area contributed by atoms with E-state index in [-0.39, 0.29) is 17.3 Å². The van der Waals surface area contributed by atoms with Crippen LogP contribution in [-0.2, 0) is 6.42 Å². The Morgan fingerprint density at radius 3 is 2.62 bits per heavy atom. The maximum atomic E-state index is 12.7. The standard InChI is InChI=1S/C24H21F3N4O3/c25-24(26,27)8-10-29-23(33)20-7-6-16(13-30-20)22(32)31-17-11-19-18(15-3-2-9-28-12-15)4-1-5-21(19)34-14-17/h1-7,9,12-13,17H,8,10-11,14H2,(H,29,33)(H,31,32)/t17-/m0/s1. The molecule has 1 aliphatic heterocycles. The monoisotopic (exact) mass is 470 g/mol. The van der Waals surface area contributed by atoms with Crippen LogP contribution < -0.4 is 15.4 Å². The van der Waals surface area contributed by atoms with Crippen LogP contribution in [0.1, 0.15) is 32.8 Å². The van der Waals surface area contributed by atoms with Gasteiger partial charge in [-0.15, -0.1) is 0 Å². The van der Waals surface area contributed by atoms with Crippen molar-refractivity contribution in [2.24, 2.45) is 0 Å². The van der Waals surface area contributed by atoms with Crippen molar-refractivity contribution in [3.8, 4) is 16.9 Å². The number of aromatic nitrogens is 2. The third-order valence-corrected chi connectivity index (χ3v) is 5.28. The van der Waals surface area contributed by atoms with Gasteiger partial charge in [-0.1, -0.05) is 18.2 Å². The highest BCUT2D eigenvalue weighted by Gasteiger charge is 2.27. The van der Waals surface area contributed by atoms with Crippen LogP contribution in [0.3, 0.4) is 0 Å². The fourth-order valence-electron chi connectivity index (χ4n) is 3.63. The second-order valence-electron chi connectivity index (χ2n) is 7.76. The molecular weight excluding hydrogens is 449 g/mol. The van der Waals surface area contributed by atoms with Gasteiger partial charge in [-0.05, 0) is 29.8 Å². The summed E-state index contributed by atoms with van der Waals surface area (Å²) >= 11 is 0. The predicted octanol–water partition coefficient (Wildman–Crippen LogP) is 3.56. The smallest absolute Gasteiger partial charge is 0.390 e. The van der Waals surface area contributed by atoms with Gasteiger partial charge in [0.25, 0.3) is 11.8 Å². The van der Waals surface area contributed by atoms with Crippen molar-refractivity contribution in [3.63, 3.8) is 0 Å². The number of amides is 2. The summed E-state index contributed by atoms with van der Waals surface area (Å²) in [5.74, 6) is -0.377. The number of carbonyl (C=O) groups is 2. The van der Waals surface area contributed by atoms with E-state index in [1.165, 1.54) is 18.3 Å². The molecule has 2 N–H and O–H groups in total. The number of nitrogens with one attached hydrogen (secondary N) is 2. The summed E-state index contributed by atoms with van der Waals surface area (Å²) in [7, 11) is 0. The van der Waals surface area contributed by atoms with Crippen molar-refractivity contribution in [2.75, 3.05) is 13.2 Å². The van der Waals surface area contributed by atoms with Crippen molar-refractivity contribution in [3.05, 3.63) is 77.9 Å². The van der Waals surface area contributed by atoms with Crippen molar-refractivity contribution in [1.29, 1.82) is 0 Å². The molecule has 176 valence electrons. The van der Waals surface area contributed by atoms with Crippen LogP contribution in [0.25, 0.3) is 11.1 Å². The first-order valence-corrected chi connectivity index (χ1v) is 10.6. The van der Waals surface area contributed by atoms with Crippen molar-refractivity contribution in [1.82, 2.24) is 20.6 Å². The van der Waals surface area contributed by atoms with E-state index in [4.69, 9.17) is 4.74 Å². The molecule has 3 aromatic rings. The third kappa shape index (κ3) is 5.69. The van der Waals surface area contributed by atoms with E-state index in [1.54, 1.807) is 12.4 Å². The second-order valence-corrected chi connectivity index (χ2v) is 7.76. The summed E-state index contributed by atoms with van der Waals surface area (Å²) in [6.07, 6.45) is -0.251. The summed E-state index contributed by atoms with van der Waals surface area (Å²) in [6.45, 7) is -0.251. The minimum Gasteiger partial charge on any atom is -0.491 e. The van der Waals surface area contributed by atoms with Gasteiger partial charge in [-0.2, -0.15) is 13.2 Å². The molecule has 10 heteroatoms. The lowest BCUT2D eigenvalue weighted by Crippen LogP contribution is -2.43. The Bertz CT molecular complexity index is 1170. The normalized spacial score (nSPS) is 15.1. The Morgan fingerprint density at radius 1 is 1.06 bits per heavy atom. The molecular formula is C24H21F3N4O3. The number of benzene rings is 1. The van der Waals surface area contributed by atoms with Gasteiger partial charge in [0, 0.05) is 42.7 Å². The average Bonchev–Trinajstić information content (AvgIpc) is 2.83. The summed E-state index contributed by atoms with van der Waals surface area (Å²) in [5.41, 5.74) is 3.04.